The Labute approximate surface area is 226 Å². The molecule has 1 aromatic carbocycles. The molecule has 1 rings (SSSR count). The minimum Gasteiger partial charge on any atom is -0.461 e. The zero-order chi connectivity index (χ0) is 28.8. The molecule has 0 saturated heterocycles. The van der Waals surface area contributed by atoms with Crippen LogP contribution in [0.5, 0.6) is 11.5 Å². The number of carbonyl (C=O) groups is 4. The molecule has 9 nitrogen and oxygen atoms in total. The first-order valence-electron chi connectivity index (χ1n) is 13.5. The molecule has 38 heavy (non-hydrogen) atoms. The molecule has 1 aromatic rings. The molecule has 4 atom stereocenters. The lowest BCUT2D eigenvalue weighted by Crippen LogP contribution is -2.36. The maximum absolute atomic E-state index is 12.5. The van der Waals surface area contributed by atoms with Gasteiger partial charge in [-0.25, -0.2) is 0 Å². The average molecular weight is 536 g/mol. The number of carbonyl (C=O) groups excluding carboxylic acids is 4. The number of esters is 4. The largest absolute Gasteiger partial charge is 0.461 e. The first kappa shape index (κ1) is 33.1. The van der Waals surface area contributed by atoms with Crippen molar-refractivity contribution in [2.24, 2.45) is 23.5 Å². The van der Waals surface area contributed by atoms with E-state index in [0.29, 0.717) is 5.56 Å². The lowest BCUT2D eigenvalue weighted by molar-refractivity contribution is -0.159. The van der Waals surface area contributed by atoms with Crippen molar-refractivity contribution in [3.8, 4) is 11.5 Å². The molecule has 0 aliphatic carbocycles. The van der Waals surface area contributed by atoms with E-state index >= 15 is 0 Å². The van der Waals surface area contributed by atoms with Gasteiger partial charge in [0.2, 0.25) is 0 Å². The molecule has 0 amide bonds. The van der Waals surface area contributed by atoms with E-state index in [-0.39, 0.29) is 67.5 Å². The Morgan fingerprint density at radius 3 is 1.87 bits per heavy atom. The molecule has 9 heteroatoms. The normalized spacial score (nSPS) is 14.2. The molecule has 0 heterocycles. The average Bonchev–Trinajstić information content (AvgIpc) is 2.83. The highest BCUT2D eigenvalue weighted by Gasteiger charge is 2.21. The first-order chi connectivity index (χ1) is 17.8. The van der Waals surface area contributed by atoms with Crippen molar-refractivity contribution in [2.45, 2.75) is 99.1 Å². The third-order valence-electron chi connectivity index (χ3n) is 6.01. The summed E-state index contributed by atoms with van der Waals surface area (Å²) >= 11 is 0. The van der Waals surface area contributed by atoms with Crippen molar-refractivity contribution in [3.05, 3.63) is 23.8 Å². The molecule has 0 radical (unpaired) electrons. The van der Waals surface area contributed by atoms with Crippen molar-refractivity contribution in [1.29, 1.82) is 0 Å². The Balaban J connectivity index is 2.88. The van der Waals surface area contributed by atoms with Crippen molar-refractivity contribution in [2.75, 3.05) is 6.61 Å². The molecule has 0 saturated carbocycles. The van der Waals surface area contributed by atoms with Crippen LogP contribution in [-0.4, -0.2) is 42.6 Å². The Bertz CT molecular complexity index is 929. The van der Waals surface area contributed by atoms with E-state index in [9.17, 15) is 19.2 Å². The van der Waals surface area contributed by atoms with Crippen LogP contribution in [0, 0.1) is 17.8 Å². The van der Waals surface area contributed by atoms with E-state index in [2.05, 4.69) is 0 Å². The zero-order valence-electron chi connectivity index (χ0n) is 23.9. The highest BCUT2D eigenvalue weighted by molar-refractivity contribution is 5.77. The summed E-state index contributed by atoms with van der Waals surface area (Å²) in [6.45, 7) is 13.2. The number of rotatable bonds is 16. The van der Waals surface area contributed by atoms with Crippen LogP contribution in [0.1, 0.15) is 86.1 Å². The molecule has 214 valence electrons. The van der Waals surface area contributed by atoms with Crippen LogP contribution < -0.4 is 15.2 Å². The highest BCUT2D eigenvalue weighted by atomic mass is 16.6. The molecule has 0 aromatic heterocycles. The number of benzene rings is 1. The van der Waals surface area contributed by atoms with E-state index in [1.165, 1.54) is 6.07 Å². The number of nitrogens with two attached hydrogens (primary N) is 1. The van der Waals surface area contributed by atoms with Gasteiger partial charge in [-0.1, -0.05) is 60.5 Å². The standard InChI is InChI=1S/C29H45NO8/c1-8-19(5)13-27(32)37-24-11-10-22(16-25(24)38-28(33)14-20(6)9-2)15-23(30)29(34)35-17-21(7)36-26(31)12-18(3)4/h10-11,16,18-21,23H,8-9,12-15,17,30H2,1-7H3/t19?,20?,21-,23-/m0/s1. The number of hydrogen-bond donors (Lipinski definition) is 1. The minimum atomic E-state index is -1.00. The Kier molecular flexibility index (Phi) is 14.6. The van der Waals surface area contributed by atoms with Crippen LogP contribution in [-0.2, 0) is 35.1 Å². The smallest absolute Gasteiger partial charge is 0.323 e. The van der Waals surface area contributed by atoms with Crippen LogP contribution in [0.25, 0.3) is 0 Å². The summed E-state index contributed by atoms with van der Waals surface area (Å²) < 4.78 is 21.5. The highest BCUT2D eigenvalue weighted by Crippen LogP contribution is 2.30. The minimum absolute atomic E-state index is 0.0946. The quantitative estimate of drug-likeness (QED) is 0.235. The monoisotopic (exact) mass is 535 g/mol. The SMILES string of the molecule is CCC(C)CC(=O)Oc1ccc(C[C@H](N)C(=O)OC[C@H](C)OC(=O)CC(C)C)cc1OC(=O)CC(C)CC. The summed E-state index contributed by atoms with van der Waals surface area (Å²) in [5, 5.41) is 0. The molecule has 0 aliphatic rings. The molecular formula is C29H45NO8. The third-order valence-corrected chi connectivity index (χ3v) is 6.01. The molecule has 0 bridgehead atoms. The molecule has 0 aliphatic heterocycles. The molecule has 2 unspecified atom stereocenters. The second kappa shape index (κ2) is 16.8. The lowest BCUT2D eigenvalue weighted by Gasteiger charge is -2.17. The summed E-state index contributed by atoms with van der Waals surface area (Å²) in [6.07, 6.45) is 1.88. The van der Waals surface area contributed by atoms with Gasteiger partial charge in [-0.3, -0.25) is 19.2 Å². The number of hydrogen-bond acceptors (Lipinski definition) is 9. The fourth-order valence-electron chi connectivity index (χ4n) is 3.31. The van der Waals surface area contributed by atoms with Crippen molar-refractivity contribution in [1.82, 2.24) is 0 Å². The summed E-state index contributed by atoms with van der Waals surface area (Å²) in [6, 6.07) is 3.73. The molecular weight excluding hydrogens is 490 g/mol. The third kappa shape index (κ3) is 13.0. The van der Waals surface area contributed by atoms with Gasteiger partial charge in [0.05, 0.1) is 0 Å². The predicted octanol–water partition coefficient (Wildman–Crippen LogP) is 4.76. The van der Waals surface area contributed by atoms with Gasteiger partial charge in [0.25, 0.3) is 0 Å². The van der Waals surface area contributed by atoms with E-state index in [4.69, 9.17) is 24.7 Å². The van der Waals surface area contributed by atoms with E-state index in [1.54, 1.807) is 19.1 Å². The Hall–Kier alpha value is -2.94. The van der Waals surface area contributed by atoms with Crippen molar-refractivity contribution >= 4 is 23.9 Å². The fraction of sp³-hybridized carbons (Fsp3) is 0.655. The van der Waals surface area contributed by atoms with E-state index in [0.717, 1.165) is 12.8 Å². The number of ether oxygens (including phenoxy) is 4. The van der Waals surface area contributed by atoms with Gasteiger partial charge in [-0.15, -0.1) is 0 Å². The Morgan fingerprint density at radius 1 is 0.789 bits per heavy atom. The van der Waals surface area contributed by atoms with Crippen LogP contribution in [0.2, 0.25) is 0 Å². The van der Waals surface area contributed by atoms with Crippen molar-refractivity contribution < 1.29 is 38.1 Å². The van der Waals surface area contributed by atoms with Gasteiger partial charge < -0.3 is 24.7 Å². The van der Waals surface area contributed by atoms with Gasteiger partial charge >= 0.3 is 23.9 Å². The fourth-order valence-corrected chi connectivity index (χ4v) is 3.31. The molecule has 2 N–H and O–H groups in total. The Morgan fingerprint density at radius 2 is 1.34 bits per heavy atom. The van der Waals surface area contributed by atoms with Gasteiger partial charge in [0.1, 0.15) is 18.8 Å². The predicted molar refractivity (Wildman–Crippen MR) is 144 cm³/mol. The van der Waals surface area contributed by atoms with Gasteiger partial charge in [-0.2, -0.15) is 0 Å². The van der Waals surface area contributed by atoms with Crippen LogP contribution >= 0.6 is 0 Å². The van der Waals surface area contributed by atoms with Gasteiger partial charge in [0, 0.05) is 19.3 Å². The molecule has 0 spiro atoms. The maximum Gasteiger partial charge on any atom is 0.323 e. The van der Waals surface area contributed by atoms with Crippen LogP contribution in [0.4, 0.5) is 0 Å². The van der Waals surface area contributed by atoms with Crippen LogP contribution in [0.3, 0.4) is 0 Å². The van der Waals surface area contributed by atoms with Gasteiger partial charge in [-0.05, 0) is 48.8 Å². The van der Waals surface area contributed by atoms with Crippen LogP contribution in [0.15, 0.2) is 18.2 Å². The topological polar surface area (TPSA) is 131 Å². The van der Waals surface area contributed by atoms with Gasteiger partial charge in [0.15, 0.2) is 11.5 Å². The van der Waals surface area contributed by atoms with E-state index in [1.807, 2.05) is 41.5 Å². The molecule has 0 fully saturated rings. The summed E-state index contributed by atoms with van der Waals surface area (Å²) in [5.74, 6) is -1.19. The lowest BCUT2D eigenvalue weighted by atomic mass is 10.0. The first-order valence-corrected chi connectivity index (χ1v) is 13.5. The van der Waals surface area contributed by atoms with E-state index < -0.39 is 30.1 Å². The second-order valence-corrected chi connectivity index (χ2v) is 10.5. The summed E-state index contributed by atoms with van der Waals surface area (Å²) in [4.78, 5) is 49.0. The zero-order valence-corrected chi connectivity index (χ0v) is 23.9. The summed E-state index contributed by atoms with van der Waals surface area (Å²) in [5.41, 5.74) is 6.65. The summed E-state index contributed by atoms with van der Waals surface area (Å²) in [7, 11) is 0. The maximum atomic E-state index is 12.5. The van der Waals surface area contributed by atoms with Crippen molar-refractivity contribution in [3.63, 3.8) is 0 Å². The second-order valence-electron chi connectivity index (χ2n) is 10.5.